The second-order valence-corrected chi connectivity index (χ2v) is 8.29. The highest BCUT2D eigenvalue weighted by Crippen LogP contribution is 2.45. The highest BCUT2D eigenvalue weighted by Gasteiger charge is 2.43. The summed E-state index contributed by atoms with van der Waals surface area (Å²) in [6, 6.07) is 19.0. The van der Waals surface area contributed by atoms with E-state index in [1.54, 1.807) is 54.4 Å². The van der Waals surface area contributed by atoms with Crippen LogP contribution >= 0.6 is 0 Å². The molecule has 0 unspecified atom stereocenters. The van der Waals surface area contributed by atoms with Crippen molar-refractivity contribution in [1.29, 1.82) is 0 Å². The molecule has 172 valence electrons. The van der Waals surface area contributed by atoms with E-state index in [4.69, 9.17) is 9.47 Å². The molecule has 8 heteroatoms. The van der Waals surface area contributed by atoms with Gasteiger partial charge < -0.3 is 25.0 Å². The summed E-state index contributed by atoms with van der Waals surface area (Å²) in [7, 11) is 1.70. The lowest BCUT2D eigenvalue weighted by molar-refractivity contribution is -0.119. The van der Waals surface area contributed by atoms with Crippen LogP contribution in [0.3, 0.4) is 0 Å². The van der Waals surface area contributed by atoms with Crippen molar-refractivity contribution in [3.05, 3.63) is 83.4 Å². The third kappa shape index (κ3) is 3.83. The molecule has 3 aromatic rings. The molecule has 2 N–H and O–H groups in total. The lowest BCUT2D eigenvalue weighted by Crippen LogP contribution is -2.44. The van der Waals surface area contributed by atoms with Gasteiger partial charge in [-0.1, -0.05) is 30.3 Å². The van der Waals surface area contributed by atoms with Crippen LogP contribution < -0.4 is 20.1 Å². The van der Waals surface area contributed by atoms with Crippen molar-refractivity contribution in [2.45, 2.75) is 18.9 Å². The first-order chi connectivity index (χ1) is 16.4. The smallest absolute Gasteiger partial charge is 0.254 e. The molecule has 2 heterocycles. The Morgan fingerprint density at radius 2 is 1.65 bits per heavy atom. The molecule has 0 aliphatic carbocycles. The van der Waals surface area contributed by atoms with Crippen LogP contribution in [0.2, 0.25) is 0 Å². The molecule has 0 fully saturated rings. The molecular weight excluding hydrogens is 434 g/mol. The largest absolute Gasteiger partial charge is 0.454 e. The van der Waals surface area contributed by atoms with Gasteiger partial charge in [-0.2, -0.15) is 0 Å². The normalized spacial score (nSPS) is 18.3. The number of hydrogen-bond donors (Lipinski definition) is 2. The molecule has 0 bridgehead atoms. The number of nitrogens with one attached hydrogen (secondary N) is 2. The zero-order valence-corrected chi connectivity index (χ0v) is 18.7. The van der Waals surface area contributed by atoms with Crippen molar-refractivity contribution in [2.75, 3.05) is 24.5 Å². The van der Waals surface area contributed by atoms with Gasteiger partial charge in [-0.3, -0.25) is 14.4 Å². The summed E-state index contributed by atoms with van der Waals surface area (Å²) in [4.78, 5) is 40.0. The minimum Gasteiger partial charge on any atom is -0.454 e. The number of benzene rings is 3. The summed E-state index contributed by atoms with van der Waals surface area (Å²) >= 11 is 0. The molecule has 0 saturated heterocycles. The number of anilines is 2. The Kier molecular flexibility index (Phi) is 5.41. The number of amides is 3. The van der Waals surface area contributed by atoms with Gasteiger partial charge >= 0.3 is 0 Å². The van der Waals surface area contributed by atoms with E-state index in [0.717, 1.165) is 5.56 Å². The van der Waals surface area contributed by atoms with Gasteiger partial charge in [0.25, 0.3) is 5.91 Å². The van der Waals surface area contributed by atoms with Gasteiger partial charge in [0.1, 0.15) is 0 Å². The highest BCUT2D eigenvalue weighted by molar-refractivity contribution is 6.04. The van der Waals surface area contributed by atoms with Crippen LogP contribution in [0.4, 0.5) is 11.4 Å². The van der Waals surface area contributed by atoms with E-state index in [1.807, 2.05) is 24.3 Å². The number of carbonyl (C=O) groups is 3. The van der Waals surface area contributed by atoms with E-state index in [2.05, 4.69) is 10.6 Å². The second-order valence-electron chi connectivity index (χ2n) is 8.29. The summed E-state index contributed by atoms with van der Waals surface area (Å²) in [5.41, 5.74) is 3.03. The van der Waals surface area contributed by atoms with Crippen molar-refractivity contribution in [1.82, 2.24) is 4.90 Å². The second kappa shape index (κ2) is 8.55. The van der Waals surface area contributed by atoms with Gasteiger partial charge in [-0.25, -0.2) is 0 Å². The van der Waals surface area contributed by atoms with Crippen LogP contribution in [-0.4, -0.2) is 36.5 Å². The Labute approximate surface area is 196 Å². The number of fused-ring (bicyclic) bond motifs is 2. The number of rotatable bonds is 4. The Balaban J connectivity index is 1.55. The van der Waals surface area contributed by atoms with Gasteiger partial charge in [0.2, 0.25) is 18.6 Å². The van der Waals surface area contributed by atoms with Crippen molar-refractivity contribution in [2.24, 2.45) is 0 Å². The highest BCUT2D eigenvalue weighted by atomic mass is 16.7. The summed E-state index contributed by atoms with van der Waals surface area (Å²) < 4.78 is 11.0. The molecule has 0 aromatic heterocycles. The fourth-order valence-electron chi connectivity index (χ4n) is 4.57. The van der Waals surface area contributed by atoms with E-state index in [0.29, 0.717) is 34.0 Å². The lowest BCUT2D eigenvalue weighted by atomic mass is 9.79. The molecule has 2 aliphatic heterocycles. The fraction of sp³-hybridized carbons (Fsp3) is 0.192. The van der Waals surface area contributed by atoms with Gasteiger partial charge in [0.15, 0.2) is 11.5 Å². The maximum atomic E-state index is 13.7. The third-order valence-electron chi connectivity index (χ3n) is 6.05. The quantitative estimate of drug-likeness (QED) is 0.619. The molecule has 0 spiro atoms. The molecular formula is C26H23N3O5. The number of carbonyl (C=O) groups excluding carboxylic acids is 3. The topological polar surface area (TPSA) is 97.0 Å². The minimum atomic E-state index is -0.677. The first-order valence-corrected chi connectivity index (χ1v) is 10.9. The Bertz CT molecular complexity index is 1310. The average molecular weight is 457 g/mol. The van der Waals surface area contributed by atoms with Crippen LogP contribution in [0, 0.1) is 0 Å². The van der Waals surface area contributed by atoms with Crippen molar-refractivity contribution in [3.63, 3.8) is 0 Å². The Hall–Kier alpha value is -4.33. The van der Waals surface area contributed by atoms with Crippen LogP contribution in [0.1, 0.15) is 40.4 Å². The van der Waals surface area contributed by atoms with Crippen LogP contribution in [0.25, 0.3) is 0 Å². The van der Waals surface area contributed by atoms with E-state index in [1.165, 1.54) is 6.92 Å². The molecule has 2 atom stereocenters. The predicted octanol–water partition coefficient (Wildman–Crippen LogP) is 3.92. The fourth-order valence-corrected chi connectivity index (χ4v) is 4.57. The van der Waals surface area contributed by atoms with Crippen molar-refractivity contribution < 1.29 is 23.9 Å². The average Bonchev–Trinajstić information content (AvgIpc) is 3.29. The maximum absolute atomic E-state index is 13.7. The van der Waals surface area contributed by atoms with Gasteiger partial charge in [0.05, 0.1) is 12.0 Å². The SMILES string of the molecule is CC(=O)Nc1cccc(NC(=O)[C@@H]2c3ccccc3C(=O)N(C)[C@@H]2c2ccc3c(c2)OCO3)c1. The van der Waals surface area contributed by atoms with E-state index in [9.17, 15) is 14.4 Å². The number of hydrogen-bond acceptors (Lipinski definition) is 5. The summed E-state index contributed by atoms with van der Waals surface area (Å²) in [6.45, 7) is 1.56. The van der Waals surface area contributed by atoms with E-state index >= 15 is 0 Å². The van der Waals surface area contributed by atoms with E-state index < -0.39 is 12.0 Å². The number of ether oxygens (including phenoxy) is 2. The Morgan fingerprint density at radius 3 is 2.44 bits per heavy atom. The minimum absolute atomic E-state index is 0.135. The lowest BCUT2D eigenvalue weighted by Gasteiger charge is -2.39. The van der Waals surface area contributed by atoms with Crippen LogP contribution in [0.15, 0.2) is 66.7 Å². The zero-order chi connectivity index (χ0) is 23.8. The third-order valence-corrected chi connectivity index (χ3v) is 6.05. The number of nitrogens with zero attached hydrogens (tertiary/aromatic N) is 1. The Morgan fingerprint density at radius 1 is 0.912 bits per heavy atom. The summed E-state index contributed by atoms with van der Waals surface area (Å²) in [5.74, 6) is -0.0927. The molecule has 0 radical (unpaired) electrons. The molecule has 34 heavy (non-hydrogen) atoms. The molecule has 5 rings (SSSR count). The first kappa shape index (κ1) is 21.5. The number of likely N-dealkylation sites (N-methyl/N-ethyl adjacent to an activating group) is 1. The zero-order valence-electron chi connectivity index (χ0n) is 18.7. The van der Waals surface area contributed by atoms with Crippen molar-refractivity contribution in [3.8, 4) is 11.5 Å². The summed E-state index contributed by atoms with van der Waals surface area (Å²) in [6.07, 6.45) is 0. The van der Waals surface area contributed by atoms with Gasteiger partial charge in [0, 0.05) is 30.9 Å². The summed E-state index contributed by atoms with van der Waals surface area (Å²) in [5, 5.41) is 5.69. The molecule has 0 saturated carbocycles. The predicted molar refractivity (Wildman–Crippen MR) is 126 cm³/mol. The van der Waals surface area contributed by atoms with Crippen molar-refractivity contribution >= 4 is 29.1 Å². The molecule has 3 amide bonds. The van der Waals surface area contributed by atoms with Crippen LogP contribution in [0.5, 0.6) is 11.5 Å². The van der Waals surface area contributed by atoms with Gasteiger partial charge in [-0.15, -0.1) is 0 Å². The molecule has 2 aliphatic rings. The van der Waals surface area contributed by atoms with Crippen LogP contribution in [-0.2, 0) is 9.59 Å². The molecule has 3 aromatic carbocycles. The maximum Gasteiger partial charge on any atom is 0.254 e. The van der Waals surface area contributed by atoms with Gasteiger partial charge in [-0.05, 0) is 47.5 Å². The monoisotopic (exact) mass is 457 g/mol. The molecule has 8 nitrogen and oxygen atoms in total. The van der Waals surface area contributed by atoms with E-state index in [-0.39, 0.29) is 24.5 Å². The standard InChI is InChI=1S/C26H23N3O5/c1-15(30)27-17-6-5-7-18(13-17)28-25(31)23-19-8-3-4-9-20(19)26(32)29(2)24(23)16-10-11-21-22(12-16)34-14-33-21/h3-13,23-24H,14H2,1-2H3,(H,27,30)(H,28,31)/t23-,24-/m1/s1. The first-order valence-electron chi connectivity index (χ1n) is 10.9.